The van der Waals surface area contributed by atoms with Gasteiger partial charge in [-0.2, -0.15) is 0 Å². The minimum absolute atomic E-state index is 0.789. The molecule has 1 fully saturated rings. The van der Waals surface area contributed by atoms with Crippen LogP contribution in [0.25, 0.3) is 10.8 Å². The van der Waals surface area contributed by atoms with Gasteiger partial charge in [-0.05, 0) is 84.6 Å². The summed E-state index contributed by atoms with van der Waals surface area (Å²) in [5, 5.41) is 2.86. The maximum atomic E-state index is 2.48. The van der Waals surface area contributed by atoms with E-state index in [1.54, 1.807) is 5.56 Å². The van der Waals surface area contributed by atoms with Crippen LogP contribution in [0.2, 0.25) is 0 Å². The van der Waals surface area contributed by atoms with Gasteiger partial charge in [-0.3, -0.25) is 0 Å². The first-order chi connectivity index (χ1) is 12.7. The van der Waals surface area contributed by atoms with E-state index in [0.717, 1.165) is 17.8 Å². The molecule has 0 spiro atoms. The van der Waals surface area contributed by atoms with E-state index < -0.39 is 0 Å². The van der Waals surface area contributed by atoms with Crippen molar-refractivity contribution in [3.8, 4) is 0 Å². The third-order valence-electron chi connectivity index (χ3n) is 6.75. The second-order valence-corrected chi connectivity index (χ2v) is 8.86. The molecule has 142 valence electrons. The summed E-state index contributed by atoms with van der Waals surface area (Å²) in [5.41, 5.74) is 3.09. The number of rotatable bonds is 8. The number of hydrogen-bond donors (Lipinski definition) is 0. The van der Waals surface area contributed by atoms with Gasteiger partial charge in [-0.1, -0.05) is 76.4 Å². The number of aryl methyl sites for hydroxylation is 1. The standard InChI is InChI=1S/C26H38/c1-4-6-7-8-21-11-14-26-19-25(16-15-24(26)18-21)23-12-9-22(10-13-23)17-20(3)5-2/h11,14-16,18-20,22-23H,4-10,12-13,17H2,1-3H3. The van der Waals surface area contributed by atoms with E-state index in [0.29, 0.717) is 0 Å². The number of fused-ring (bicyclic) bond motifs is 1. The molecule has 3 rings (SSSR count). The molecule has 26 heavy (non-hydrogen) atoms. The predicted molar refractivity (Wildman–Crippen MR) is 116 cm³/mol. The fourth-order valence-corrected chi connectivity index (χ4v) is 4.77. The van der Waals surface area contributed by atoms with Crippen LogP contribution in [-0.4, -0.2) is 0 Å². The Bertz CT molecular complexity index is 675. The molecule has 1 aliphatic rings. The van der Waals surface area contributed by atoms with Crippen molar-refractivity contribution in [2.75, 3.05) is 0 Å². The predicted octanol–water partition coefficient (Wildman–Crippen LogP) is 8.28. The lowest BCUT2D eigenvalue weighted by molar-refractivity contribution is 0.273. The van der Waals surface area contributed by atoms with Gasteiger partial charge < -0.3 is 0 Å². The molecule has 1 aliphatic carbocycles. The molecule has 0 heterocycles. The maximum absolute atomic E-state index is 2.48. The van der Waals surface area contributed by atoms with Gasteiger partial charge in [-0.25, -0.2) is 0 Å². The first-order valence-electron chi connectivity index (χ1n) is 11.2. The van der Waals surface area contributed by atoms with Crippen molar-refractivity contribution in [1.29, 1.82) is 0 Å². The van der Waals surface area contributed by atoms with Gasteiger partial charge >= 0.3 is 0 Å². The number of hydrogen-bond acceptors (Lipinski definition) is 0. The Kier molecular flexibility index (Phi) is 7.17. The summed E-state index contributed by atoms with van der Waals surface area (Å²) in [7, 11) is 0. The average molecular weight is 351 g/mol. The SMILES string of the molecule is CCCCCc1ccc2cc(C3CCC(CC(C)CC)CC3)ccc2c1. The Labute approximate surface area is 161 Å². The minimum Gasteiger partial charge on any atom is -0.0654 e. The zero-order valence-corrected chi connectivity index (χ0v) is 17.3. The van der Waals surface area contributed by atoms with E-state index in [-0.39, 0.29) is 0 Å². The minimum atomic E-state index is 0.789. The monoisotopic (exact) mass is 350 g/mol. The molecule has 0 aliphatic heterocycles. The van der Waals surface area contributed by atoms with Crippen LogP contribution >= 0.6 is 0 Å². The smallest absolute Gasteiger partial charge is 0.0162 e. The van der Waals surface area contributed by atoms with Crippen molar-refractivity contribution >= 4 is 10.8 Å². The molecular formula is C26H38. The highest BCUT2D eigenvalue weighted by Gasteiger charge is 2.23. The second-order valence-electron chi connectivity index (χ2n) is 8.86. The van der Waals surface area contributed by atoms with Gasteiger partial charge in [0, 0.05) is 0 Å². The molecule has 1 unspecified atom stereocenters. The fraction of sp³-hybridized carbons (Fsp3) is 0.615. The summed E-state index contributed by atoms with van der Waals surface area (Å²) in [5.74, 6) is 2.67. The Balaban J connectivity index is 1.61. The maximum Gasteiger partial charge on any atom is -0.0162 e. The molecule has 0 radical (unpaired) electrons. The Morgan fingerprint density at radius 1 is 0.885 bits per heavy atom. The largest absolute Gasteiger partial charge is 0.0654 e. The molecule has 0 saturated heterocycles. The van der Waals surface area contributed by atoms with Crippen LogP contribution in [0, 0.1) is 11.8 Å². The molecule has 0 nitrogen and oxygen atoms in total. The van der Waals surface area contributed by atoms with Crippen molar-refractivity contribution in [3.05, 3.63) is 47.5 Å². The Hall–Kier alpha value is -1.30. The van der Waals surface area contributed by atoms with E-state index in [2.05, 4.69) is 57.2 Å². The quantitative estimate of drug-likeness (QED) is 0.420. The van der Waals surface area contributed by atoms with Crippen LogP contribution in [-0.2, 0) is 6.42 Å². The van der Waals surface area contributed by atoms with Crippen molar-refractivity contribution in [3.63, 3.8) is 0 Å². The van der Waals surface area contributed by atoms with Crippen LogP contribution in [0.4, 0.5) is 0 Å². The van der Waals surface area contributed by atoms with Crippen molar-refractivity contribution in [2.45, 2.75) is 90.9 Å². The first-order valence-corrected chi connectivity index (χ1v) is 11.2. The summed E-state index contributed by atoms with van der Waals surface area (Å²) in [6.45, 7) is 7.03. The lowest BCUT2D eigenvalue weighted by Crippen LogP contribution is -2.15. The van der Waals surface area contributed by atoms with Crippen LogP contribution in [0.15, 0.2) is 36.4 Å². The topological polar surface area (TPSA) is 0 Å². The molecule has 1 atom stereocenters. The highest BCUT2D eigenvalue weighted by atomic mass is 14.3. The van der Waals surface area contributed by atoms with Gasteiger partial charge in [0.1, 0.15) is 0 Å². The zero-order valence-electron chi connectivity index (χ0n) is 17.3. The van der Waals surface area contributed by atoms with Crippen molar-refractivity contribution in [2.24, 2.45) is 11.8 Å². The van der Waals surface area contributed by atoms with Crippen LogP contribution in [0.3, 0.4) is 0 Å². The normalized spacial score (nSPS) is 21.8. The number of benzene rings is 2. The summed E-state index contributed by atoms with van der Waals surface area (Å²) in [6.07, 6.45) is 13.6. The van der Waals surface area contributed by atoms with Gasteiger partial charge in [0.15, 0.2) is 0 Å². The molecule has 0 aromatic heterocycles. The van der Waals surface area contributed by atoms with Crippen LogP contribution in [0.5, 0.6) is 0 Å². The summed E-state index contributed by atoms with van der Waals surface area (Å²) < 4.78 is 0. The zero-order chi connectivity index (χ0) is 18.4. The molecule has 1 saturated carbocycles. The third kappa shape index (κ3) is 5.12. The van der Waals surface area contributed by atoms with E-state index in [1.165, 1.54) is 80.5 Å². The van der Waals surface area contributed by atoms with E-state index in [4.69, 9.17) is 0 Å². The van der Waals surface area contributed by atoms with Crippen LogP contribution < -0.4 is 0 Å². The molecule has 0 N–H and O–H groups in total. The fourth-order valence-electron chi connectivity index (χ4n) is 4.77. The molecule has 0 bridgehead atoms. The average Bonchev–Trinajstić information content (AvgIpc) is 2.68. The van der Waals surface area contributed by atoms with Gasteiger partial charge in [0.2, 0.25) is 0 Å². The summed E-state index contributed by atoms with van der Waals surface area (Å²) >= 11 is 0. The molecule has 0 amide bonds. The molecule has 0 heteroatoms. The first kappa shape index (κ1) is 19.5. The molecular weight excluding hydrogens is 312 g/mol. The number of unbranched alkanes of at least 4 members (excludes halogenated alkanes) is 2. The van der Waals surface area contributed by atoms with E-state index in [1.807, 2.05) is 0 Å². The molecule has 2 aromatic carbocycles. The van der Waals surface area contributed by atoms with Crippen molar-refractivity contribution in [1.82, 2.24) is 0 Å². The second kappa shape index (κ2) is 9.58. The lowest BCUT2D eigenvalue weighted by Gasteiger charge is -2.30. The van der Waals surface area contributed by atoms with E-state index in [9.17, 15) is 0 Å². The third-order valence-corrected chi connectivity index (χ3v) is 6.75. The highest BCUT2D eigenvalue weighted by molar-refractivity contribution is 5.84. The van der Waals surface area contributed by atoms with Gasteiger partial charge in [0.25, 0.3) is 0 Å². The highest BCUT2D eigenvalue weighted by Crippen LogP contribution is 2.39. The summed E-state index contributed by atoms with van der Waals surface area (Å²) in [6, 6.07) is 14.4. The van der Waals surface area contributed by atoms with Crippen molar-refractivity contribution < 1.29 is 0 Å². The van der Waals surface area contributed by atoms with Gasteiger partial charge in [0.05, 0.1) is 0 Å². The van der Waals surface area contributed by atoms with Crippen LogP contribution in [0.1, 0.15) is 95.6 Å². The van der Waals surface area contributed by atoms with Gasteiger partial charge in [-0.15, -0.1) is 0 Å². The van der Waals surface area contributed by atoms with E-state index >= 15 is 0 Å². The Morgan fingerprint density at radius 2 is 1.62 bits per heavy atom. The lowest BCUT2D eigenvalue weighted by atomic mass is 9.75. The summed E-state index contributed by atoms with van der Waals surface area (Å²) in [4.78, 5) is 0. The Morgan fingerprint density at radius 3 is 2.35 bits per heavy atom. The molecule has 2 aromatic rings.